The lowest BCUT2D eigenvalue weighted by molar-refractivity contribution is -0.120. The molecule has 3 aromatic rings. The predicted molar refractivity (Wildman–Crippen MR) is 137 cm³/mol. The number of nitrogens with one attached hydrogen (secondary N) is 1. The Morgan fingerprint density at radius 3 is 2.46 bits per heavy atom. The van der Waals surface area contributed by atoms with Crippen molar-refractivity contribution in [1.29, 1.82) is 0 Å². The summed E-state index contributed by atoms with van der Waals surface area (Å²) in [5, 5.41) is 3.17. The Kier molecular flexibility index (Phi) is 6.09. The van der Waals surface area contributed by atoms with Gasteiger partial charge in [0.05, 0.1) is 5.69 Å². The Morgan fingerprint density at radius 1 is 0.914 bits per heavy atom. The van der Waals surface area contributed by atoms with Gasteiger partial charge in [0, 0.05) is 29.4 Å². The number of amides is 3. The maximum Gasteiger partial charge on any atom is 0.283 e. The van der Waals surface area contributed by atoms with Crippen molar-refractivity contribution in [2.45, 2.75) is 19.9 Å². The van der Waals surface area contributed by atoms with E-state index in [4.69, 9.17) is 23.2 Å². The molecule has 2 aliphatic rings. The number of carbonyl (C=O) groups excluding carboxylic acids is 3. The number of imide groups is 1. The quantitative estimate of drug-likeness (QED) is 0.489. The number of halogens is 2. The Bertz CT molecular complexity index is 1420. The fourth-order valence-corrected chi connectivity index (χ4v) is 4.73. The third-order valence-corrected chi connectivity index (χ3v) is 6.84. The second-order valence-corrected chi connectivity index (χ2v) is 9.33. The first-order valence-corrected chi connectivity index (χ1v) is 11.9. The molecule has 5 rings (SSSR count). The molecule has 35 heavy (non-hydrogen) atoms. The number of benzene rings is 3. The lowest BCUT2D eigenvalue weighted by Gasteiger charge is -2.29. The summed E-state index contributed by atoms with van der Waals surface area (Å²) in [7, 11) is 0. The van der Waals surface area contributed by atoms with Crippen molar-refractivity contribution >= 4 is 52.3 Å². The van der Waals surface area contributed by atoms with E-state index in [1.807, 2.05) is 30.0 Å². The number of fused-ring (bicyclic) bond motifs is 1. The van der Waals surface area contributed by atoms with Gasteiger partial charge in [-0.05, 0) is 60.4 Å². The lowest BCUT2D eigenvalue weighted by atomic mass is 9.99. The molecule has 0 spiro atoms. The highest BCUT2D eigenvalue weighted by Crippen LogP contribution is 2.32. The molecular formula is C27H21Cl2N3O3. The van der Waals surface area contributed by atoms with Gasteiger partial charge < -0.3 is 10.2 Å². The van der Waals surface area contributed by atoms with E-state index < -0.39 is 11.8 Å². The number of aryl methyl sites for hydroxylation is 1. The minimum absolute atomic E-state index is 0.0451. The maximum absolute atomic E-state index is 13.3. The van der Waals surface area contributed by atoms with Gasteiger partial charge in [0.1, 0.15) is 10.7 Å². The summed E-state index contributed by atoms with van der Waals surface area (Å²) in [6.07, 6.45) is 0.803. The summed E-state index contributed by atoms with van der Waals surface area (Å²) in [5.41, 5.74) is 4.49. The van der Waals surface area contributed by atoms with Crippen LogP contribution in [0.1, 0.15) is 27.0 Å². The molecular weight excluding hydrogens is 485 g/mol. The third kappa shape index (κ3) is 4.31. The first-order valence-electron chi connectivity index (χ1n) is 11.1. The first-order chi connectivity index (χ1) is 16.8. The molecule has 0 radical (unpaired) electrons. The Balaban J connectivity index is 1.39. The van der Waals surface area contributed by atoms with Crippen LogP contribution in [0.5, 0.6) is 0 Å². The molecule has 0 aromatic heterocycles. The molecule has 0 saturated carbocycles. The van der Waals surface area contributed by atoms with Crippen molar-refractivity contribution in [2.24, 2.45) is 0 Å². The van der Waals surface area contributed by atoms with Crippen LogP contribution in [0.4, 0.5) is 11.4 Å². The highest BCUT2D eigenvalue weighted by molar-refractivity contribution is 6.53. The van der Waals surface area contributed by atoms with Gasteiger partial charge in [-0.1, -0.05) is 59.6 Å². The molecule has 0 atom stereocenters. The Morgan fingerprint density at radius 2 is 1.69 bits per heavy atom. The molecule has 0 saturated heterocycles. The van der Waals surface area contributed by atoms with E-state index in [9.17, 15) is 14.4 Å². The normalized spacial score (nSPS) is 15.5. The molecule has 2 heterocycles. The first kappa shape index (κ1) is 23.1. The number of hydrogen-bond donors (Lipinski definition) is 1. The molecule has 0 bridgehead atoms. The van der Waals surface area contributed by atoms with E-state index in [-0.39, 0.29) is 16.6 Å². The Labute approximate surface area is 212 Å². The molecule has 0 aliphatic carbocycles. The van der Waals surface area contributed by atoms with E-state index in [1.54, 1.807) is 36.4 Å². The van der Waals surface area contributed by atoms with Gasteiger partial charge in [0.15, 0.2) is 0 Å². The van der Waals surface area contributed by atoms with E-state index in [2.05, 4.69) is 11.4 Å². The highest BCUT2D eigenvalue weighted by Gasteiger charge is 2.39. The van der Waals surface area contributed by atoms with Crippen molar-refractivity contribution in [3.63, 3.8) is 0 Å². The van der Waals surface area contributed by atoms with Crippen molar-refractivity contribution in [1.82, 2.24) is 4.90 Å². The smallest absolute Gasteiger partial charge is 0.283 e. The van der Waals surface area contributed by atoms with E-state index >= 15 is 0 Å². The zero-order valence-electron chi connectivity index (χ0n) is 18.8. The zero-order valence-corrected chi connectivity index (χ0v) is 20.4. The van der Waals surface area contributed by atoms with Crippen LogP contribution < -0.4 is 10.2 Å². The number of carbonyl (C=O) groups is 3. The van der Waals surface area contributed by atoms with Crippen LogP contribution in [0.15, 0.2) is 77.5 Å². The summed E-state index contributed by atoms with van der Waals surface area (Å²) in [6.45, 7) is 3.02. The second kappa shape index (κ2) is 9.21. The van der Waals surface area contributed by atoms with Crippen molar-refractivity contribution in [3.05, 3.63) is 105 Å². The predicted octanol–water partition coefficient (Wildman–Crippen LogP) is 5.28. The number of anilines is 2. The summed E-state index contributed by atoms with van der Waals surface area (Å²) in [6, 6.07) is 19.8. The summed E-state index contributed by atoms with van der Waals surface area (Å²) in [5.74, 6) is -1.33. The van der Waals surface area contributed by atoms with Crippen LogP contribution in [-0.4, -0.2) is 29.2 Å². The SMILES string of the molecule is Cc1ccc(C(=O)N2CCc3ccccc3C2)cc1NC1=C(Cl)C(=O)N(c2cccc(Cl)c2)C1=O. The molecule has 1 N–H and O–H groups in total. The minimum atomic E-state index is -0.640. The fraction of sp³-hybridized carbons (Fsp3) is 0.148. The summed E-state index contributed by atoms with van der Waals surface area (Å²) < 4.78 is 0. The molecule has 8 heteroatoms. The Hall–Kier alpha value is -3.61. The van der Waals surface area contributed by atoms with Gasteiger partial charge in [-0.15, -0.1) is 0 Å². The fourth-order valence-electron chi connectivity index (χ4n) is 4.34. The van der Waals surface area contributed by atoms with Crippen LogP contribution >= 0.6 is 23.2 Å². The molecule has 3 aromatic carbocycles. The van der Waals surface area contributed by atoms with Crippen molar-refractivity contribution in [3.8, 4) is 0 Å². The topological polar surface area (TPSA) is 69.7 Å². The van der Waals surface area contributed by atoms with Gasteiger partial charge in [0.25, 0.3) is 17.7 Å². The van der Waals surface area contributed by atoms with Crippen molar-refractivity contribution in [2.75, 3.05) is 16.8 Å². The number of rotatable bonds is 4. The van der Waals surface area contributed by atoms with Crippen LogP contribution in [0.2, 0.25) is 5.02 Å². The van der Waals surface area contributed by atoms with Gasteiger partial charge in [-0.2, -0.15) is 0 Å². The standard InChI is InChI=1S/C27H21Cl2N3O3/c1-16-9-10-18(25(33)31-12-11-17-5-2-3-6-19(17)15-31)13-22(16)30-24-23(29)26(34)32(27(24)35)21-8-4-7-20(28)14-21/h2-10,13-14,30H,11-12,15H2,1H3. The zero-order chi connectivity index (χ0) is 24.7. The van der Waals surface area contributed by atoms with Gasteiger partial charge >= 0.3 is 0 Å². The monoisotopic (exact) mass is 505 g/mol. The van der Waals surface area contributed by atoms with Gasteiger partial charge in [0.2, 0.25) is 0 Å². The number of nitrogens with zero attached hydrogens (tertiary/aromatic N) is 2. The second-order valence-electron chi connectivity index (χ2n) is 8.51. The lowest BCUT2D eigenvalue weighted by Crippen LogP contribution is -2.36. The third-order valence-electron chi connectivity index (χ3n) is 6.26. The molecule has 0 fully saturated rings. The van der Waals surface area contributed by atoms with Gasteiger partial charge in [-0.3, -0.25) is 14.4 Å². The van der Waals surface area contributed by atoms with Gasteiger partial charge in [-0.25, -0.2) is 4.90 Å². The summed E-state index contributed by atoms with van der Waals surface area (Å²) >= 11 is 12.3. The van der Waals surface area contributed by atoms with Crippen LogP contribution in [-0.2, 0) is 22.6 Å². The molecule has 6 nitrogen and oxygen atoms in total. The van der Waals surface area contributed by atoms with E-state index in [0.717, 1.165) is 22.4 Å². The average molecular weight is 506 g/mol. The molecule has 2 aliphatic heterocycles. The molecule has 3 amide bonds. The van der Waals surface area contributed by atoms with Crippen LogP contribution in [0, 0.1) is 6.92 Å². The molecule has 0 unspecified atom stereocenters. The summed E-state index contributed by atoms with van der Waals surface area (Å²) in [4.78, 5) is 42.0. The van der Waals surface area contributed by atoms with E-state index in [1.165, 1.54) is 11.6 Å². The van der Waals surface area contributed by atoms with Crippen LogP contribution in [0.25, 0.3) is 0 Å². The average Bonchev–Trinajstić information content (AvgIpc) is 3.07. The maximum atomic E-state index is 13.3. The largest absolute Gasteiger partial charge is 0.349 e. The van der Waals surface area contributed by atoms with Crippen LogP contribution in [0.3, 0.4) is 0 Å². The van der Waals surface area contributed by atoms with E-state index in [0.29, 0.717) is 35.1 Å². The van der Waals surface area contributed by atoms with Crippen molar-refractivity contribution < 1.29 is 14.4 Å². The highest BCUT2D eigenvalue weighted by atomic mass is 35.5. The number of hydrogen-bond acceptors (Lipinski definition) is 4. The molecule has 176 valence electrons. The minimum Gasteiger partial charge on any atom is -0.349 e.